The monoisotopic (exact) mass is 306 g/mol. The molecule has 0 fully saturated rings. The van der Waals surface area contributed by atoms with Crippen molar-refractivity contribution in [3.63, 3.8) is 0 Å². The SMILES string of the molecule is Cc1ccc(C(=O)Nc2ccc(Cn3cncn3)cc2)cc1C. The van der Waals surface area contributed by atoms with Crippen molar-refractivity contribution in [2.24, 2.45) is 0 Å². The molecule has 5 heteroatoms. The maximum atomic E-state index is 12.3. The standard InChI is InChI=1S/C18H18N4O/c1-13-3-6-16(9-14(13)2)18(23)21-17-7-4-15(5-8-17)10-22-12-19-11-20-22/h3-9,11-12H,10H2,1-2H3,(H,21,23). The van der Waals surface area contributed by atoms with Gasteiger partial charge in [0.25, 0.3) is 5.91 Å². The molecule has 116 valence electrons. The predicted octanol–water partition coefficient (Wildman–Crippen LogP) is 3.20. The molecule has 0 unspecified atom stereocenters. The molecule has 1 aromatic heterocycles. The van der Waals surface area contributed by atoms with Crippen molar-refractivity contribution in [2.75, 3.05) is 5.32 Å². The van der Waals surface area contributed by atoms with Gasteiger partial charge in [-0.3, -0.25) is 4.79 Å². The molecule has 23 heavy (non-hydrogen) atoms. The molecule has 0 bridgehead atoms. The van der Waals surface area contributed by atoms with Crippen molar-refractivity contribution in [1.82, 2.24) is 14.8 Å². The topological polar surface area (TPSA) is 59.8 Å². The lowest BCUT2D eigenvalue weighted by atomic mass is 10.1. The number of aryl methyl sites for hydroxylation is 2. The zero-order valence-corrected chi connectivity index (χ0v) is 13.2. The third-order valence-corrected chi connectivity index (χ3v) is 3.79. The van der Waals surface area contributed by atoms with Gasteiger partial charge >= 0.3 is 0 Å². The molecule has 0 aliphatic rings. The van der Waals surface area contributed by atoms with E-state index in [4.69, 9.17) is 0 Å². The van der Waals surface area contributed by atoms with Crippen molar-refractivity contribution in [1.29, 1.82) is 0 Å². The highest BCUT2D eigenvalue weighted by Gasteiger charge is 2.07. The van der Waals surface area contributed by atoms with E-state index in [2.05, 4.69) is 15.4 Å². The van der Waals surface area contributed by atoms with Gasteiger partial charge in [0, 0.05) is 11.3 Å². The van der Waals surface area contributed by atoms with Crippen LogP contribution in [0.25, 0.3) is 0 Å². The quantitative estimate of drug-likeness (QED) is 0.805. The molecule has 1 amide bonds. The molecule has 0 saturated heterocycles. The minimum Gasteiger partial charge on any atom is -0.322 e. The summed E-state index contributed by atoms with van der Waals surface area (Å²) >= 11 is 0. The van der Waals surface area contributed by atoms with E-state index in [0.717, 1.165) is 16.8 Å². The van der Waals surface area contributed by atoms with E-state index in [9.17, 15) is 4.79 Å². The second-order valence-electron chi connectivity index (χ2n) is 5.54. The first-order valence-corrected chi connectivity index (χ1v) is 7.42. The van der Waals surface area contributed by atoms with E-state index < -0.39 is 0 Å². The van der Waals surface area contributed by atoms with Gasteiger partial charge in [-0.1, -0.05) is 18.2 Å². The van der Waals surface area contributed by atoms with Gasteiger partial charge < -0.3 is 5.32 Å². The molecular weight excluding hydrogens is 288 g/mol. The Morgan fingerprint density at radius 3 is 2.52 bits per heavy atom. The number of nitrogens with zero attached hydrogens (tertiary/aromatic N) is 3. The Balaban J connectivity index is 1.67. The Bertz CT molecular complexity index is 808. The fraction of sp³-hybridized carbons (Fsp3) is 0.167. The highest BCUT2D eigenvalue weighted by molar-refractivity contribution is 6.04. The summed E-state index contributed by atoms with van der Waals surface area (Å²) in [5.74, 6) is -0.0999. The molecule has 2 aromatic carbocycles. The van der Waals surface area contributed by atoms with Crippen LogP contribution in [0, 0.1) is 13.8 Å². The predicted molar refractivity (Wildman–Crippen MR) is 89.4 cm³/mol. The van der Waals surface area contributed by atoms with E-state index in [1.54, 1.807) is 11.0 Å². The molecule has 0 radical (unpaired) electrons. The van der Waals surface area contributed by atoms with Gasteiger partial charge in [-0.25, -0.2) is 9.67 Å². The third kappa shape index (κ3) is 3.63. The van der Waals surface area contributed by atoms with Crippen LogP contribution in [0.1, 0.15) is 27.0 Å². The summed E-state index contributed by atoms with van der Waals surface area (Å²) < 4.78 is 1.75. The maximum absolute atomic E-state index is 12.3. The second-order valence-corrected chi connectivity index (χ2v) is 5.54. The number of anilines is 1. The van der Waals surface area contributed by atoms with Gasteiger partial charge in [0.2, 0.25) is 0 Å². The minimum atomic E-state index is -0.0999. The summed E-state index contributed by atoms with van der Waals surface area (Å²) in [7, 11) is 0. The van der Waals surface area contributed by atoms with Crippen LogP contribution in [0.3, 0.4) is 0 Å². The molecule has 0 spiro atoms. The first kappa shape index (κ1) is 15.0. The number of carbonyl (C=O) groups is 1. The lowest BCUT2D eigenvalue weighted by Gasteiger charge is -2.08. The van der Waals surface area contributed by atoms with Crippen molar-refractivity contribution < 1.29 is 4.79 Å². The zero-order chi connectivity index (χ0) is 16.2. The van der Waals surface area contributed by atoms with Crippen LogP contribution in [0.15, 0.2) is 55.1 Å². The summed E-state index contributed by atoms with van der Waals surface area (Å²) in [6.07, 6.45) is 3.19. The summed E-state index contributed by atoms with van der Waals surface area (Å²) in [4.78, 5) is 16.2. The van der Waals surface area contributed by atoms with Gasteiger partial charge in [-0.15, -0.1) is 0 Å². The van der Waals surface area contributed by atoms with Crippen LogP contribution in [0.4, 0.5) is 5.69 Å². The van der Waals surface area contributed by atoms with E-state index in [1.165, 1.54) is 11.9 Å². The van der Waals surface area contributed by atoms with Crippen molar-refractivity contribution in [2.45, 2.75) is 20.4 Å². The fourth-order valence-corrected chi connectivity index (χ4v) is 2.28. The summed E-state index contributed by atoms with van der Waals surface area (Å²) in [5.41, 5.74) is 4.83. The van der Waals surface area contributed by atoms with E-state index in [-0.39, 0.29) is 5.91 Å². The lowest BCUT2D eigenvalue weighted by molar-refractivity contribution is 0.102. The average Bonchev–Trinajstić information content (AvgIpc) is 3.05. The Labute approximate surface area is 135 Å². The summed E-state index contributed by atoms with van der Waals surface area (Å²) in [5, 5.41) is 6.99. The number of carbonyl (C=O) groups excluding carboxylic acids is 1. The Kier molecular flexibility index (Phi) is 4.19. The van der Waals surface area contributed by atoms with E-state index in [0.29, 0.717) is 12.1 Å². The summed E-state index contributed by atoms with van der Waals surface area (Å²) in [6, 6.07) is 13.4. The third-order valence-electron chi connectivity index (χ3n) is 3.79. The smallest absolute Gasteiger partial charge is 0.255 e. The number of hydrogen-bond donors (Lipinski definition) is 1. The molecule has 0 aliphatic heterocycles. The van der Waals surface area contributed by atoms with Gasteiger partial charge in [-0.2, -0.15) is 5.10 Å². The van der Waals surface area contributed by atoms with Crippen LogP contribution in [-0.2, 0) is 6.54 Å². The minimum absolute atomic E-state index is 0.0999. The van der Waals surface area contributed by atoms with Crippen LogP contribution < -0.4 is 5.32 Å². The Morgan fingerprint density at radius 1 is 1.09 bits per heavy atom. The van der Waals surface area contributed by atoms with E-state index >= 15 is 0 Å². The van der Waals surface area contributed by atoms with Gasteiger partial charge in [0.05, 0.1) is 6.54 Å². The van der Waals surface area contributed by atoms with Gasteiger partial charge in [0.1, 0.15) is 12.7 Å². The Morgan fingerprint density at radius 2 is 1.87 bits per heavy atom. The van der Waals surface area contributed by atoms with Gasteiger partial charge in [0.15, 0.2) is 0 Å². The second kappa shape index (κ2) is 6.44. The van der Waals surface area contributed by atoms with Crippen molar-refractivity contribution in [3.8, 4) is 0 Å². The first-order valence-electron chi connectivity index (χ1n) is 7.42. The largest absolute Gasteiger partial charge is 0.322 e. The number of nitrogens with one attached hydrogen (secondary N) is 1. The highest BCUT2D eigenvalue weighted by atomic mass is 16.1. The molecule has 5 nitrogen and oxygen atoms in total. The van der Waals surface area contributed by atoms with E-state index in [1.807, 2.05) is 56.3 Å². The average molecular weight is 306 g/mol. The van der Waals surface area contributed by atoms with Crippen molar-refractivity contribution in [3.05, 3.63) is 77.4 Å². The first-order chi connectivity index (χ1) is 11.1. The normalized spacial score (nSPS) is 10.5. The molecule has 3 aromatic rings. The molecule has 0 saturated carbocycles. The number of benzene rings is 2. The molecular formula is C18H18N4O. The molecule has 0 atom stereocenters. The van der Waals surface area contributed by atoms with Crippen molar-refractivity contribution >= 4 is 11.6 Å². The van der Waals surface area contributed by atoms with Gasteiger partial charge in [-0.05, 0) is 54.8 Å². The number of amides is 1. The Hall–Kier alpha value is -2.95. The molecule has 3 rings (SSSR count). The fourth-order valence-electron chi connectivity index (χ4n) is 2.28. The van der Waals surface area contributed by atoms with Crippen LogP contribution in [0.5, 0.6) is 0 Å². The van der Waals surface area contributed by atoms with Crippen LogP contribution >= 0.6 is 0 Å². The maximum Gasteiger partial charge on any atom is 0.255 e. The zero-order valence-electron chi connectivity index (χ0n) is 13.2. The van der Waals surface area contributed by atoms with Crippen LogP contribution in [0.2, 0.25) is 0 Å². The molecule has 1 heterocycles. The van der Waals surface area contributed by atoms with Crippen LogP contribution in [-0.4, -0.2) is 20.7 Å². The molecule has 1 N–H and O–H groups in total. The lowest BCUT2D eigenvalue weighted by Crippen LogP contribution is -2.12. The highest BCUT2D eigenvalue weighted by Crippen LogP contribution is 2.14. The molecule has 0 aliphatic carbocycles. The number of hydrogen-bond acceptors (Lipinski definition) is 3. The summed E-state index contributed by atoms with van der Waals surface area (Å²) in [6.45, 7) is 4.70. The number of aromatic nitrogens is 3. The number of rotatable bonds is 4.